The molecule has 1 aliphatic heterocycles. The average molecular weight is 450 g/mol. The monoisotopic (exact) mass is 449 g/mol. The van der Waals surface area contributed by atoms with E-state index in [2.05, 4.69) is 15.5 Å². The van der Waals surface area contributed by atoms with Gasteiger partial charge in [-0.05, 0) is 53.8 Å². The van der Waals surface area contributed by atoms with E-state index in [1.165, 1.54) is 21.3 Å². The van der Waals surface area contributed by atoms with Crippen LogP contribution >= 0.6 is 23.6 Å². The molecule has 3 heterocycles. The molecule has 0 saturated carbocycles. The highest BCUT2D eigenvalue weighted by Gasteiger charge is 2.29. The number of aromatic nitrogens is 3. The first-order valence-corrected chi connectivity index (χ1v) is 11.6. The highest BCUT2D eigenvalue weighted by molar-refractivity contribution is 7.89. The minimum atomic E-state index is -3.69. The molecule has 0 aliphatic carbocycles. The Morgan fingerprint density at radius 3 is 2.97 bits per heavy atom. The van der Waals surface area contributed by atoms with E-state index in [1.807, 2.05) is 11.4 Å². The van der Waals surface area contributed by atoms with Crippen LogP contribution in [0.5, 0.6) is 0 Å². The largest absolute Gasteiger partial charge is 0.345 e. The number of rotatable bonds is 5. The zero-order chi connectivity index (χ0) is 20.6. The Kier molecular flexibility index (Phi) is 5.38. The number of aromatic amines is 1. The van der Waals surface area contributed by atoms with Crippen LogP contribution in [0.25, 0.3) is 0 Å². The Bertz CT molecular complexity index is 1230. The lowest BCUT2D eigenvalue weighted by Gasteiger charge is -2.26. The van der Waals surface area contributed by atoms with Crippen molar-refractivity contribution in [1.29, 1.82) is 0 Å². The number of thiophene rings is 1. The summed E-state index contributed by atoms with van der Waals surface area (Å²) in [5.74, 6) is 0.196. The van der Waals surface area contributed by atoms with Gasteiger partial charge in [0.25, 0.3) is 5.91 Å². The van der Waals surface area contributed by atoms with Crippen molar-refractivity contribution in [2.45, 2.75) is 24.4 Å². The molecule has 1 aromatic carbocycles. The standard InChI is InChI=1S/C18H19N5O3S3/c1-22-16(20-21-18(22)27)10-19-17(24)12-3-2-4-14(9-12)29(25,26)23-7-5-15-13(11-23)6-8-28-15/h2-4,6,8-9H,5,7,10-11H2,1H3,(H,19,24)(H,21,27). The molecule has 1 aliphatic rings. The Balaban J connectivity index is 1.51. The smallest absolute Gasteiger partial charge is 0.251 e. The van der Waals surface area contributed by atoms with Crippen molar-refractivity contribution in [2.24, 2.45) is 7.05 Å². The van der Waals surface area contributed by atoms with Crippen LogP contribution < -0.4 is 5.32 Å². The molecule has 0 spiro atoms. The van der Waals surface area contributed by atoms with Crippen molar-refractivity contribution in [2.75, 3.05) is 6.54 Å². The summed E-state index contributed by atoms with van der Waals surface area (Å²) in [6, 6.07) is 8.07. The number of nitrogens with one attached hydrogen (secondary N) is 2. The van der Waals surface area contributed by atoms with E-state index in [0.29, 0.717) is 30.1 Å². The minimum Gasteiger partial charge on any atom is -0.345 e. The van der Waals surface area contributed by atoms with Gasteiger partial charge in [-0.1, -0.05) is 6.07 Å². The summed E-state index contributed by atoms with van der Waals surface area (Å²) in [5, 5.41) is 11.4. The molecule has 0 atom stereocenters. The van der Waals surface area contributed by atoms with E-state index in [0.717, 1.165) is 5.56 Å². The highest BCUT2D eigenvalue weighted by Crippen LogP contribution is 2.28. The number of sulfonamides is 1. The first-order valence-electron chi connectivity index (χ1n) is 8.90. The summed E-state index contributed by atoms with van der Waals surface area (Å²) in [7, 11) is -1.94. The molecular weight excluding hydrogens is 430 g/mol. The normalized spacial score (nSPS) is 14.5. The summed E-state index contributed by atoms with van der Waals surface area (Å²) >= 11 is 6.70. The van der Waals surface area contributed by atoms with E-state index in [4.69, 9.17) is 12.2 Å². The molecule has 2 N–H and O–H groups in total. The number of nitrogens with zero attached hydrogens (tertiary/aromatic N) is 3. The van der Waals surface area contributed by atoms with Gasteiger partial charge in [0.1, 0.15) is 0 Å². The van der Waals surface area contributed by atoms with Crippen molar-refractivity contribution >= 4 is 39.5 Å². The zero-order valence-corrected chi connectivity index (χ0v) is 18.0. The molecule has 0 radical (unpaired) electrons. The fourth-order valence-electron chi connectivity index (χ4n) is 3.17. The fraction of sp³-hybridized carbons (Fsp3) is 0.278. The number of benzene rings is 1. The van der Waals surface area contributed by atoms with Gasteiger partial charge in [0, 0.05) is 30.6 Å². The second-order valence-electron chi connectivity index (χ2n) is 6.67. The number of fused-ring (bicyclic) bond motifs is 1. The SMILES string of the molecule is Cn1c(CNC(=O)c2cccc(S(=O)(=O)N3CCc4sccc4C3)c2)n[nH]c1=S. The summed E-state index contributed by atoms with van der Waals surface area (Å²) in [6.45, 7) is 0.967. The number of carbonyl (C=O) groups excluding carboxylic acids is 1. The average Bonchev–Trinajstić information content (AvgIpc) is 3.32. The number of H-pyrrole nitrogens is 1. The lowest BCUT2D eigenvalue weighted by atomic mass is 10.1. The summed E-state index contributed by atoms with van der Waals surface area (Å²) in [4.78, 5) is 13.9. The third-order valence-corrected chi connectivity index (χ3v) is 8.12. The number of amides is 1. The van der Waals surface area contributed by atoms with Gasteiger partial charge in [0.05, 0.1) is 11.4 Å². The van der Waals surface area contributed by atoms with Gasteiger partial charge in [-0.3, -0.25) is 9.89 Å². The Hall–Kier alpha value is -2.34. The predicted octanol–water partition coefficient (Wildman–Crippen LogP) is 2.22. The molecule has 8 nitrogen and oxygen atoms in total. The predicted molar refractivity (Wildman–Crippen MR) is 112 cm³/mol. The van der Waals surface area contributed by atoms with Crippen LogP contribution in [0.4, 0.5) is 0 Å². The van der Waals surface area contributed by atoms with Crippen LogP contribution in [0.15, 0.2) is 40.6 Å². The van der Waals surface area contributed by atoms with Crippen LogP contribution in [-0.2, 0) is 36.6 Å². The molecule has 0 unspecified atom stereocenters. The van der Waals surface area contributed by atoms with Crippen LogP contribution in [-0.4, -0.2) is 39.9 Å². The van der Waals surface area contributed by atoms with E-state index in [1.54, 1.807) is 35.1 Å². The zero-order valence-electron chi connectivity index (χ0n) is 15.6. The van der Waals surface area contributed by atoms with Crippen LogP contribution in [0.2, 0.25) is 0 Å². The second kappa shape index (κ2) is 7.82. The number of carbonyl (C=O) groups is 1. The van der Waals surface area contributed by atoms with Crippen molar-refractivity contribution in [3.63, 3.8) is 0 Å². The number of hydrogen-bond acceptors (Lipinski definition) is 6. The first-order chi connectivity index (χ1) is 13.9. The highest BCUT2D eigenvalue weighted by atomic mass is 32.2. The molecule has 152 valence electrons. The Morgan fingerprint density at radius 2 is 2.21 bits per heavy atom. The van der Waals surface area contributed by atoms with Gasteiger partial charge in [-0.2, -0.15) is 9.40 Å². The molecule has 2 aromatic heterocycles. The van der Waals surface area contributed by atoms with Gasteiger partial charge in [-0.25, -0.2) is 8.42 Å². The Morgan fingerprint density at radius 1 is 1.38 bits per heavy atom. The third-order valence-electron chi connectivity index (χ3n) is 4.89. The molecule has 11 heteroatoms. The molecule has 0 fully saturated rings. The van der Waals surface area contributed by atoms with Crippen LogP contribution in [0.3, 0.4) is 0 Å². The van der Waals surface area contributed by atoms with Crippen molar-refractivity contribution in [3.05, 3.63) is 62.3 Å². The molecule has 29 heavy (non-hydrogen) atoms. The van der Waals surface area contributed by atoms with Gasteiger partial charge in [0.15, 0.2) is 10.6 Å². The third kappa shape index (κ3) is 3.90. The summed E-state index contributed by atoms with van der Waals surface area (Å²) < 4.78 is 29.8. The van der Waals surface area contributed by atoms with E-state index in [9.17, 15) is 13.2 Å². The molecule has 4 rings (SSSR count). The maximum absolute atomic E-state index is 13.1. The first kappa shape index (κ1) is 20.0. The minimum absolute atomic E-state index is 0.113. The molecule has 3 aromatic rings. The van der Waals surface area contributed by atoms with Gasteiger partial charge < -0.3 is 9.88 Å². The van der Waals surface area contributed by atoms with Crippen molar-refractivity contribution < 1.29 is 13.2 Å². The Labute approximate surface area is 177 Å². The summed E-state index contributed by atoms with van der Waals surface area (Å²) in [6.07, 6.45) is 0.706. The maximum Gasteiger partial charge on any atom is 0.251 e. The van der Waals surface area contributed by atoms with Crippen molar-refractivity contribution in [1.82, 2.24) is 24.4 Å². The molecular formula is C18H19N5O3S3. The van der Waals surface area contributed by atoms with Gasteiger partial charge in [0.2, 0.25) is 10.0 Å². The van der Waals surface area contributed by atoms with E-state index >= 15 is 0 Å². The maximum atomic E-state index is 13.1. The van der Waals surface area contributed by atoms with Crippen LogP contribution in [0, 0.1) is 4.77 Å². The van der Waals surface area contributed by atoms with Gasteiger partial charge in [-0.15, -0.1) is 11.3 Å². The lowest BCUT2D eigenvalue weighted by molar-refractivity contribution is 0.0949. The van der Waals surface area contributed by atoms with Crippen LogP contribution in [0.1, 0.15) is 26.6 Å². The number of hydrogen-bond donors (Lipinski definition) is 2. The fourth-order valence-corrected chi connectivity index (χ4v) is 5.68. The second-order valence-corrected chi connectivity index (χ2v) is 10.00. The van der Waals surface area contributed by atoms with Gasteiger partial charge >= 0.3 is 0 Å². The molecule has 0 saturated heterocycles. The quantitative estimate of drug-likeness (QED) is 0.582. The summed E-state index contributed by atoms with van der Waals surface area (Å²) in [5.41, 5.74) is 1.32. The van der Waals surface area contributed by atoms with Crippen molar-refractivity contribution in [3.8, 4) is 0 Å². The molecule has 0 bridgehead atoms. The van der Waals surface area contributed by atoms with E-state index < -0.39 is 10.0 Å². The topological polar surface area (TPSA) is 100 Å². The molecule has 1 amide bonds. The van der Waals surface area contributed by atoms with E-state index in [-0.39, 0.29) is 22.9 Å². The lowest BCUT2D eigenvalue weighted by Crippen LogP contribution is -2.35.